The van der Waals surface area contributed by atoms with Crippen LogP contribution in [0.15, 0.2) is 12.7 Å². The van der Waals surface area contributed by atoms with Gasteiger partial charge in [-0.3, -0.25) is 4.90 Å². The Morgan fingerprint density at radius 2 is 2.09 bits per heavy atom. The summed E-state index contributed by atoms with van der Waals surface area (Å²) >= 11 is 0. The Kier molecular flexibility index (Phi) is 5.91. The van der Waals surface area contributed by atoms with Gasteiger partial charge in [0.2, 0.25) is 0 Å². The fourth-order valence-electron chi connectivity index (χ4n) is 4.27. The smallest absolute Gasteiger partial charge is 0.0677 e. The van der Waals surface area contributed by atoms with Crippen molar-refractivity contribution < 1.29 is 14.2 Å². The Hall–Kier alpha value is -0.420. The Bertz CT molecular complexity index is 356. The third-order valence-corrected chi connectivity index (χ3v) is 5.54. The number of rotatable bonds is 6. The van der Waals surface area contributed by atoms with Crippen molar-refractivity contribution >= 4 is 0 Å². The molecule has 0 radical (unpaired) electrons. The van der Waals surface area contributed by atoms with Gasteiger partial charge in [-0.05, 0) is 38.0 Å². The van der Waals surface area contributed by atoms with E-state index in [-0.39, 0.29) is 5.41 Å². The van der Waals surface area contributed by atoms with Crippen molar-refractivity contribution in [1.82, 2.24) is 4.90 Å². The van der Waals surface area contributed by atoms with E-state index in [0.717, 1.165) is 71.9 Å². The summed E-state index contributed by atoms with van der Waals surface area (Å²) in [4.78, 5) is 2.51. The van der Waals surface area contributed by atoms with E-state index >= 15 is 0 Å². The van der Waals surface area contributed by atoms with Gasteiger partial charge in [0.15, 0.2) is 0 Å². The maximum atomic E-state index is 6.21. The Balaban J connectivity index is 1.54. The van der Waals surface area contributed by atoms with Crippen LogP contribution in [0.4, 0.5) is 0 Å². The summed E-state index contributed by atoms with van der Waals surface area (Å²) in [5.41, 5.74) is 0.199. The van der Waals surface area contributed by atoms with Crippen molar-refractivity contribution in [3.8, 4) is 0 Å². The molecule has 0 aromatic rings. The highest BCUT2D eigenvalue weighted by Crippen LogP contribution is 2.40. The quantitative estimate of drug-likeness (QED) is 0.705. The first-order valence-corrected chi connectivity index (χ1v) is 8.93. The van der Waals surface area contributed by atoms with Crippen molar-refractivity contribution in [1.29, 1.82) is 0 Å². The molecule has 2 unspecified atom stereocenters. The number of piperidine rings is 1. The van der Waals surface area contributed by atoms with Gasteiger partial charge in [0.1, 0.15) is 0 Å². The molecule has 0 saturated carbocycles. The summed E-state index contributed by atoms with van der Waals surface area (Å²) in [5.74, 6) is 0.681. The Labute approximate surface area is 134 Å². The maximum Gasteiger partial charge on any atom is 0.0677 e. The van der Waals surface area contributed by atoms with Crippen LogP contribution in [0.2, 0.25) is 0 Å². The maximum absolute atomic E-state index is 6.21. The van der Waals surface area contributed by atoms with Crippen LogP contribution in [-0.2, 0) is 14.2 Å². The summed E-state index contributed by atoms with van der Waals surface area (Å²) in [6.45, 7) is 11.6. The van der Waals surface area contributed by atoms with E-state index in [9.17, 15) is 0 Å². The van der Waals surface area contributed by atoms with E-state index in [1.54, 1.807) is 0 Å². The zero-order valence-electron chi connectivity index (χ0n) is 13.8. The molecule has 3 rings (SSSR count). The first-order valence-electron chi connectivity index (χ1n) is 8.93. The van der Waals surface area contributed by atoms with Crippen LogP contribution in [0.3, 0.4) is 0 Å². The number of nitrogens with zero attached hydrogens (tertiary/aromatic N) is 1. The molecule has 3 aliphatic heterocycles. The second-order valence-corrected chi connectivity index (χ2v) is 7.21. The van der Waals surface area contributed by atoms with Gasteiger partial charge >= 0.3 is 0 Å². The molecule has 4 heteroatoms. The van der Waals surface area contributed by atoms with Gasteiger partial charge < -0.3 is 14.2 Å². The SMILES string of the molecule is C=CCN1CCC2OCCCC2(COCC2CCOCC2)C1. The fraction of sp³-hybridized carbons (Fsp3) is 0.889. The van der Waals surface area contributed by atoms with E-state index < -0.39 is 0 Å². The first kappa shape index (κ1) is 16.4. The number of likely N-dealkylation sites (tertiary alicyclic amines) is 1. The summed E-state index contributed by atoms with van der Waals surface area (Å²) in [6.07, 6.45) is 8.23. The van der Waals surface area contributed by atoms with Gasteiger partial charge in [-0.1, -0.05) is 6.08 Å². The first-order chi connectivity index (χ1) is 10.8. The van der Waals surface area contributed by atoms with Crippen molar-refractivity contribution in [2.45, 2.75) is 38.2 Å². The zero-order chi connectivity index (χ0) is 15.3. The highest BCUT2D eigenvalue weighted by molar-refractivity contribution is 4.97. The minimum Gasteiger partial charge on any atom is -0.381 e. The molecule has 0 aromatic heterocycles. The van der Waals surface area contributed by atoms with Gasteiger partial charge in [0.05, 0.1) is 12.7 Å². The summed E-state index contributed by atoms with van der Waals surface area (Å²) in [7, 11) is 0. The van der Waals surface area contributed by atoms with Gasteiger partial charge in [0, 0.05) is 51.5 Å². The third kappa shape index (κ3) is 3.91. The largest absolute Gasteiger partial charge is 0.381 e. The van der Waals surface area contributed by atoms with Crippen molar-refractivity contribution in [3.63, 3.8) is 0 Å². The number of ether oxygens (including phenoxy) is 3. The Morgan fingerprint density at radius 3 is 2.91 bits per heavy atom. The molecule has 3 fully saturated rings. The third-order valence-electron chi connectivity index (χ3n) is 5.54. The summed E-state index contributed by atoms with van der Waals surface area (Å²) in [5, 5.41) is 0. The lowest BCUT2D eigenvalue weighted by Crippen LogP contribution is -2.57. The van der Waals surface area contributed by atoms with Crippen molar-refractivity contribution in [3.05, 3.63) is 12.7 Å². The van der Waals surface area contributed by atoms with E-state index in [1.165, 1.54) is 12.8 Å². The summed E-state index contributed by atoms with van der Waals surface area (Å²) in [6, 6.07) is 0. The average Bonchev–Trinajstić information content (AvgIpc) is 2.56. The second-order valence-electron chi connectivity index (χ2n) is 7.21. The molecule has 0 aliphatic carbocycles. The monoisotopic (exact) mass is 309 g/mol. The number of fused-ring (bicyclic) bond motifs is 1. The number of hydrogen-bond donors (Lipinski definition) is 0. The lowest BCUT2D eigenvalue weighted by Gasteiger charge is -2.50. The molecule has 2 atom stereocenters. The topological polar surface area (TPSA) is 30.9 Å². The molecule has 0 aromatic carbocycles. The van der Waals surface area contributed by atoms with E-state index in [2.05, 4.69) is 11.5 Å². The predicted molar refractivity (Wildman–Crippen MR) is 87.0 cm³/mol. The molecule has 126 valence electrons. The van der Waals surface area contributed by atoms with Crippen molar-refractivity contribution in [2.24, 2.45) is 11.3 Å². The van der Waals surface area contributed by atoms with Crippen LogP contribution in [0, 0.1) is 11.3 Å². The van der Waals surface area contributed by atoms with Crippen LogP contribution in [-0.4, -0.2) is 63.7 Å². The Morgan fingerprint density at radius 1 is 1.23 bits per heavy atom. The van der Waals surface area contributed by atoms with Crippen LogP contribution in [0.1, 0.15) is 32.1 Å². The van der Waals surface area contributed by atoms with Gasteiger partial charge in [0.25, 0.3) is 0 Å². The highest BCUT2D eigenvalue weighted by Gasteiger charge is 2.45. The fourth-order valence-corrected chi connectivity index (χ4v) is 4.27. The molecule has 0 N–H and O–H groups in total. The minimum absolute atomic E-state index is 0.199. The van der Waals surface area contributed by atoms with Gasteiger partial charge in [-0.25, -0.2) is 0 Å². The zero-order valence-corrected chi connectivity index (χ0v) is 13.8. The molecular formula is C18H31NO3. The van der Waals surface area contributed by atoms with Crippen LogP contribution in [0.25, 0.3) is 0 Å². The lowest BCUT2D eigenvalue weighted by molar-refractivity contribution is -0.154. The molecule has 3 aliphatic rings. The molecule has 4 nitrogen and oxygen atoms in total. The van der Waals surface area contributed by atoms with E-state index in [0.29, 0.717) is 12.0 Å². The summed E-state index contributed by atoms with van der Waals surface area (Å²) < 4.78 is 17.7. The van der Waals surface area contributed by atoms with E-state index in [4.69, 9.17) is 14.2 Å². The predicted octanol–water partition coefficient (Wildman–Crippen LogP) is 2.49. The van der Waals surface area contributed by atoms with Crippen LogP contribution < -0.4 is 0 Å². The molecule has 3 saturated heterocycles. The van der Waals surface area contributed by atoms with Gasteiger partial charge in [-0.15, -0.1) is 6.58 Å². The van der Waals surface area contributed by atoms with Crippen molar-refractivity contribution in [2.75, 3.05) is 52.7 Å². The normalized spacial score (nSPS) is 34.3. The molecular weight excluding hydrogens is 278 g/mol. The highest BCUT2D eigenvalue weighted by atomic mass is 16.5. The average molecular weight is 309 g/mol. The number of hydrogen-bond acceptors (Lipinski definition) is 4. The minimum atomic E-state index is 0.199. The standard InChI is InChI=1S/C18H31NO3/c1-2-8-19-9-4-17-18(14-19,7-3-10-22-17)15-21-13-16-5-11-20-12-6-16/h2,16-17H,1,3-15H2. The van der Waals surface area contributed by atoms with Gasteiger partial charge in [-0.2, -0.15) is 0 Å². The molecule has 22 heavy (non-hydrogen) atoms. The lowest BCUT2D eigenvalue weighted by atomic mass is 9.73. The molecule has 0 amide bonds. The molecule has 3 heterocycles. The molecule has 0 spiro atoms. The van der Waals surface area contributed by atoms with Crippen LogP contribution in [0.5, 0.6) is 0 Å². The van der Waals surface area contributed by atoms with Crippen LogP contribution >= 0.6 is 0 Å². The van der Waals surface area contributed by atoms with E-state index in [1.807, 2.05) is 6.08 Å². The molecule has 0 bridgehead atoms. The second kappa shape index (κ2) is 7.91.